The minimum atomic E-state index is -0.489. The minimum Gasteiger partial charge on any atom is -0.335 e. The van der Waals surface area contributed by atoms with Gasteiger partial charge in [-0.1, -0.05) is 23.4 Å². The molecule has 3 heterocycles. The number of aryl methyl sites for hydroxylation is 1. The third kappa shape index (κ3) is 3.41. The van der Waals surface area contributed by atoms with E-state index in [1.54, 1.807) is 37.3 Å². The van der Waals surface area contributed by atoms with E-state index in [2.05, 4.69) is 36.9 Å². The van der Waals surface area contributed by atoms with E-state index < -0.39 is 11.8 Å². The normalized spacial score (nSPS) is 10.8. The van der Waals surface area contributed by atoms with Gasteiger partial charge < -0.3 is 4.52 Å². The molecule has 2 amide bonds. The molecule has 9 heteroatoms. The van der Waals surface area contributed by atoms with E-state index in [9.17, 15) is 9.59 Å². The van der Waals surface area contributed by atoms with Crippen LogP contribution in [0, 0.1) is 6.92 Å². The molecule has 0 bridgehead atoms. The van der Waals surface area contributed by atoms with Crippen LogP contribution in [0.5, 0.6) is 0 Å². The van der Waals surface area contributed by atoms with Gasteiger partial charge in [-0.05, 0) is 52.5 Å². The molecule has 7 nitrogen and oxygen atoms in total. The first-order chi connectivity index (χ1) is 13.5. The number of hydrogen-bond acceptors (Lipinski definition) is 6. The second-order valence-electron chi connectivity index (χ2n) is 5.87. The van der Waals surface area contributed by atoms with Crippen LogP contribution in [0.3, 0.4) is 0 Å². The lowest BCUT2D eigenvalue weighted by atomic mass is 10.1. The van der Waals surface area contributed by atoms with E-state index in [1.165, 1.54) is 11.3 Å². The van der Waals surface area contributed by atoms with Crippen molar-refractivity contribution < 1.29 is 14.1 Å². The van der Waals surface area contributed by atoms with Gasteiger partial charge in [-0.3, -0.25) is 20.4 Å². The summed E-state index contributed by atoms with van der Waals surface area (Å²) in [6, 6.07) is 12.4. The van der Waals surface area contributed by atoms with E-state index in [-0.39, 0.29) is 5.71 Å². The van der Waals surface area contributed by atoms with Crippen molar-refractivity contribution in [2.24, 2.45) is 0 Å². The van der Waals surface area contributed by atoms with E-state index in [0.29, 0.717) is 32.4 Å². The van der Waals surface area contributed by atoms with Gasteiger partial charge in [-0.15, -0.1) is 11.3 Å². The Hall–Kier alpha value is -3.04. The summed E-state index contributed by atoms with van der Waals surface area (Å²) >= 11 is 4.81. The summed E-state index contributed by atoms with van der Waals surface area (Å²) in [7, 11) is 0. The van der Waals surface area contributed by atoms with Gasteiger partial charge in [0.2, 0.25) is 0 Å². The predicted octanol–water partition coefficient (Wildman–Crippen LogP) is 4.10. The number of nitrogens with zero attached hydrogens (tertiary/aromatic N) is 2. The van der Waals surface area contributed by atoms with Crippen molar-refractivity contribution in [3.8, 4) is 10.6 Å². The van der Waals surface area contributed by atoms with Crippen LogP contribution in [0.1, 0.15) is 26.4 Å². The Morgan fingerprint density at radius 2 is 1.82 bits per heavy atom. The predicted molar refractivity (Wildman–Crippen MR) is 109 cm³/mol. The topological polar surface area (TPSA) is 97.1 Å². The van der Waals surface area contributed by atoms with Gasteiger partial charge in [0.15, 0.2) is 0 Å². The van der Waals surface area contributed by atoms with Gasteiger partial charge >= 0.3 is 0 Å². The first-order valence-corrected chi connectivity index (χ1v) is 9.88. The number of carbonyl (C=O) groups excluding carboxylic acids is 2. The molecule has 4 aromatic rings. The molecule has 0 aliphatic rings. The Morgan fingerprint density at radius 1 is 1.07 bits per heavy atom. The lowest BCUT2D eigenvalue weighted by Crippen LogP contribution is -2.41. The Bertz CT molecular complexity index is 1190. The molecule has 3 aromatic heterocycles. The maximum absolute atomic E-state index is 12.8. The van der Waals surface area contributed by atoms with Crippen molar-refractivity contribution >= 4 is 50.2 Å². The van der Waals surface area contributed by atoms with Gasteiger partial charge in [0, 0.05) is 4.47 Å². The highest BCUT2D eigenvalue weighted by Gasteiger charge is 2.20. The molecular formula is C19H13BrN4O3S. The van der Waals surface area contributed by atoms with Crippen LogP contribution < -0.4 is 10.9 Å². The Kier molecular flexibility index (Phi) is 4.93. The molecule has 0 radical (unpaired) electrons. The lowest BCUT2D eigenvalue weighted by molar-refractivity contribution is 0.0847. The highest BCUT2D eigenvalue weighted by atomic mass is 79.9. The number of hydrazine groups is 1. The lowest BCUT2D eigenvalue weighted by Gasteiger charge is -2.10. The molecule has 1 aromatic carbocycles. The van der Waals surface area contributed by atoms with Crippen molar-refractivity contribution in [3.05, 3.63) is 69.1 Å². The van der Waals surface area contributed by atoms with Crippen molar-refractivity contribution in [2.45, 2.75) is 6.92 Å². The summed E-state index contributed by atoms with van der Waals surface area (Å²) < 4.78 is 5.89. The summed E-state index contributed by atoms with van der Waals surface area (Å²) in [6.07, 6.45) is 0. The molecule has 0 saturated heterocycles. The number of hydrogen-bond donors (Lipinski definition) is 2. The fourth-order valence-electron chi connectivity index (χ4n) is 2.72. The number of thiophene rings is 1. The van der Waals surface area contributed by atoms with Crippen LogP contribution in [0.2, 0.25) is 0 Å². The number of benzene rings is 1. The standard InChI is InChI=1S/C19H13BrN4O3S/c1-10-16-12(9-14(15-7-4-8-28-15)21-19(16)27-24-10)18(26)23-22-17(25)11-5-2-3-6-13(11)20/h2-9H,1H3,(H,22,25)(H,23,26). The average Bonchev–Trinajstić information content (AvgIpc) is 3.36. The Balaban J connectivity index is 1.64. The third-order valence-electron chi connectivity index (χ3n) is 4.04. The molecule has 0 aliphatic carbocycles. The SMILES string of the molecule is Cc1noc2nc(-c3cccs3)cc(C(=O)NNC(=O)c3ccccc3Br)c12. The number of pyridine rings is 1. The smallest absolute Gasteiger partial charge is 0.270 e. The van der Waals surface area contributed by atoms with E-state index >= 15 is 0 Å². The van der Waals surface area contributed by atoms with Crippen molar-refractivity contribution in [1.82, 2.24) is 21.0 Å². The summed E-state index contributed by atoms with van der Waals surface area (Å²) in [5.41, 5.74) is 7.02. The van der Waals surface area contributed by atoms with Crippen LogP contribution in [0.25, 0.3) is 21.7 Å². The Morgan fingerprint density at radius 3 is 2.54 bits per heavy atom. The number of aromatic nitrogens is 2. The van der Waals surface area contributed by atoms with Crippen molar-refractivity contribution in [1.29, 1.82) is 0 Å². The van der Waals surface area contributed by atoms with Crippen LogP contribution in [0.15, 0.2) is 56.8 Å². The molecule has 0 fully saturated rings. The van der Waals surface area contributed by atoms with Gasteiger partial charge in [-0.2, -0.15) is 0 Å². The number of halogens is 1. The van der Waals surface area contributed by atoms with Crippen LogP contribution in [-0.4, -0.2) is 22.0 Å². The highest BCUT2D eigenvalue weighted by molar-refractivity contribution is 9.10. The second-order valence-corrected chi connectivity index (χ2v) is 7.67. The number of nitrogens with one attached hydrogen (secondary N) is 2. The summed E-state index contributed by atoms with van der Waals surface area (Å²) in [5.74, 6) is -0.927. The first-order valence-electron chi connectivity index (χ1n) is 8.20. The second kappa shape index (κ2) is 7.53. The first kappa shape index (κ1) is 18.3. The maximum Gasteiger partial charge on any atom is 0.270 e. The number of fused-ring (bicyclic) bond motifs is 1. The summed E-state index contributed by atoms with van der Waals surface area (Å²) in [4.78, 5) is 30.5. The molecule has 0 aliphatic heterocycles. The number of carbonyl (C=O) groups is 2. The zero-order chi connectivity index (χ0) is 19.7. The van der Waals surface area contributed by atoms with Crippen LogP contribution in [-0.2, 0) is 0 Å². The fourth-order valence-corrected chi connectivity index (χ4v) is 3.87. The molecular weight excluding hydrogens is 444 g/mol. The zero-order valence-corrected chi connectivity index (χ0v) is 16.9. The molecule has 0 unspecified atom stereocenters. The molecule has 4 rings (SSSR count). The minimum absolute atomic E-state index is 0.269. The van der Waals surface area contributed by atoms with Crippen molar-refractivity contribution in [2.75, 3.05) is 0 Å². The Labute approximate surface area is 171 Å². The van der Waals surface area contributed by atoms with Gasteiger partial charge in [0.25, 0.3) is 17.5 Å². The summed E-state index contributed by atoms with van der Waals surface area (Å²) in [6.45, 7) is 1.73. The van der Waals surface area contributed by atoms with Gasteiger partial charge in [0.1, 0.15) is 0 Å². The largest absolute Gasteiger partial charge is 0.335 e. The molecule has 28 heavy (non-hydrogen) atoms. The molecule has 2 N–H and O–H groups in total. The third-order valence-corrected chi connectivity index (χ3v) is 5.63. The quantitative estimate of drug-likeness (QED) is 0.452. The number of rotatable bonds is 3. The molecule has 0 atom stereocenters. The van der Waals surface area contributed by atoms with Crippen LogP contribution in [0.4, 0.5) is 0 Å². The zero-order valence-electron chi connectivity index (χ0n) is 14.5. The monoisotopic (exact) mass is 456 g/mol. The maximum atomic E-state index is 12.8. The average molecular weight is 457 g/mol. The van der Waals surface area contributed by atoms with E-state index in [0.717, 1.165) is 4.88 Å². The molecule has 0 saturated carbocycles. The van der Waals surface area contributed by atoms with Crippen molar-refractivity contribution in [3.63, 3.8) is 0 Å². The van der Waals surface area contributed by atoms with E-state index in [1.807, 2.05) is 17.5 Å². The number of amides is 2. The fraction of sp³-hybridized carbons (Fsp3) is 0.0526. The molecule has 140 valence electrons. The molecule has 0 spiro atoms. The van der Waals surface area contributed by atoms with E-state index in [4.69, 9.17) is 4.52 Å². The van der Waals surface area contributed by atoms with Crippen LogP contribution >= 0.6 is 27.3 Å². The summed E-state index contributed by atoms with van der Waals surface area (Å²) in [5, 5.41) is 6.34. The van der Waals surface area contributed by atoms with Gasteiger partial charge in [-0.25, -0.2) is 4.98 Å². The highest BCUT2D eigenvalue weighted by Crippen LogP contribution is 2.29. The van der Waals surface area contributed by atoms with Gasteiger partial charge in [0.05, 0.1) is 32.8 Å².